The number of carbonyl (C=O) groups excluding carboxylic acids is 2. The second-order valence-corrected chi connectivity index (χ2v) is 10.0. The monoisotopic (exact) mass is 442 g/mol. The normalized spacial score (nSPS) is 11.3. The second-order valence-electron chi connectivity index (χ2n) is 6.90. The number of thiazole rings is 1. The van der Waals surface area contributed by atoms with Gasteiger partial charge in [-0.25, -0.2) is 13.4 Å². The molecule has 30 heavy (non-hydrogen) atoms. The molecule has 0 atom stereocenters. The van der Waals surface area contributed by atoms with Crippen LogP contribution in [0.25, 0.3) is 11.3 Å². The number of sulfone groups is 1. The third kappa shape index (κ3) is 5.40. The molecule has 1 aromatic heterocycles. The Labute approximate surface area is 179 Å². The van der Waals surface area contributed by atoms with Gasteiger partial charge < -0.3 is 5.32 Å². The molecule has 0 aliphatic rings. The minimum atomic E-state index is -3.43. The molecular weight excluding hydrogens is 420 g/mol. The number of nitrogens with zero attached hydrogens (tertiary/aromatic N) is 1. The van der Waals surface area contributed by atoms with Crippen molar-refractivity contribution in [2.75, 3.05) is 11.1 Å². The Morgan fingerprint density at radius 2 is 1.70 bits per heavy atom. The third-order valence-corrected chi connectivity index (χ3v) is 7.33. The molecule has 0 fully saturated rings. The zero-order valence-corrected chi connectivity index (χ0v) is 18.3. The molecule has 2 aromatic carbocycles. The van der Waals surface area contributed by atoms with E-state index in [2.05, 4.69) is 10.3 Å². The lowest BCUT2D eigenvalue weighted by Gasteiger charge is -2.05. The Hall–Kier alpha value is -2.84. The van der Waals surface area contributed by atoms with Crippen molar-refractivity contribution in [3.05, 3.63) is 65.0 Å². The van der Waals surface area contributed by atoms with E-state index in [0.29, 0.717) is 15.7 Å². The van der Waals surface area contributed by atoms with Gasteiger partial charge in [0.15, 0.2) is 20.8 Å². The summed E-state index contributed by atoms with van der Waals surface area (Å²) < 4.78 is 24.8. The van der Waals surface area contributed by atoms with Gasteiger partial charge in [-0.1, -0.05) is 59.4 Å². The smallest absolute Gasteiger partial charge is 0.226 e. The SMILES string of the molecule is CC(=O)c1sc(NC(=O)CCCS(=O)(=O)c2ccc(C)cc2)nc1-c1ccccc1. The molecule has 3 rings (SSSR count). The number of nitrogens with one attached hydrogen (secondary N) is 1. The highest BCUT2D eigenvalue weighted by Gasteiger charge is 2.19. The number of hydrogen-bond acceptors (Lipinski definition) is 6. The predicted molar refractivity (Wildman–Crippen MR) is 119 cm³/mol. The zero-order valence-electron chi connectivity index (χ0n) is 16.7. The summed E-state index contributed by atoms with van der Waals surface area (Å²) >= 11 is 1.12. The second kappa shape index (κ2) is 9.32. The molecule has 1 heterocycles. The van der Waals surface area contributed by atoms with Crippen LogP contribution in [-0.2, 0) is 14.6 Å². The third-order valence-electron chi connectivity index (χ3n) is 4.44. The Morgan fingerprint density at radius 3 is 2.33 bits per heavy atom. The molecule has 0 bridgehead atoms. The highest BCUT2D eigenvalue weighted by molar-refractivity contribution is 7.91. The van der Waals surface area contributed by atoms with E-state index in [9.17, 15) is 18.0 Å². The number of aryl methyl sites for hydroxylation is 1. The fourth-order valence-corrected chi connectivity index (χ4v) is 5.08. The minimum Gasteiger partial charge on any atom is -0.302 e. The van der Waals surface area contributed by atoms with Gasteiger partial charge in [0.2, 0.25) is 5.91 Å². The van der Waals surface area contributed by atoms with Crippen molar-refractivity contribution < 1.29 is 18.0 Å². The van der Waals surface area contributed by atoms with E-state index in [-0.39, 0.29) is 35.2 Å². The van der Waals surface area contributed by atoms with Crippen LogP contribution in [-0.4, -0.2) is 30.8 Å². The Bertz CT molecular complexity index is 1150. The number of carbonyl (C=O) groups is 2. The molecule has 8 heteroatoms. The number of anilines is 1. The predicted octanol–water partition coefficient (Wildman–Crippen LogP) is 4.51. The van der Waals surface area contributed by atoms with Crippen LogP contribution in [0.5, 0.6) is 0 Å². The molecule has 0 spiro atoms. The first kappa shape index (κ1) is 21.9. The first-order chi connectivity index (χ1) is 14.3. The average Bonchev–Trinajstić information content (AvgIpc) is 3.13. The van der Waals surface area contributed by atoms with E-state index in [1.54, 1.807) is 24.3 Å². The topological polar surface area (TPSA) is 93.2 Å². The van der Waals surface area contributed by atoms with Crippen LogP contribution < -0.4 is 5.32 Å². The van der Waals surface area contributed by atoms with Gasteiger partial charge >= 0.3 is 0 Å². The van der Waals surface area contributed by atoms with Gasteiger partial charge in [-0.2, -0.15) is 0 Å². The molecule has 0 saturated heterocycles. The summed E-state index contributed by atoms with van der Waals surface area (Å²) in [6, 6.07) is 15.9. The summed E-state index contributed by atoms with van der Waals surface area (Å²) in [5.41, 5.74) is 2.31. The first-order valence-corrected chi connectivity index (χ1v) is 11.9. The number of ketones is 1. The molecule has 156 valence electrons. The lowest BCUT2D eigenvalue weighted by atomic mass is 10.1. The van der Waals surface area contributed by atoms with E-state index < -0.39 is 9.84 Å². The summed E-state index contributed by atoms with van der Waals surface area (Å²) in [6.07, 6.45) is 0.235. The maximum Gasteiger partial charge on any atom is 0.226 e. The van der Waals surface area contributed by atoms with Crippen molar-refractivity contribution in [2.45, 2.75) is 31.6 Å². The van der Waals surface area contributed by atoms with Crippen LogP contribution >= 0.6 is 11.3 Å². The van der Waals surface area contributed by atoms with E-state index in [1.807, 2.05) is 37.3 Å². The average molecular weight is 443 g/mol. The fourth-order valence-electron chi connectivity index (χ4n) is 2.87. The zero-order chi connectivity index (χ0) is 21.7. The first-order valence-electron chi connectivity index (χ1n) is 9.43. The summed E-state index contributed by atoms with van der Waals surface area (Å²) in [5, 5.41) is 3.01. The van der Waals surface area contributed by atoms with Crippen molar-refractivity contribution in [1.29, 1.82) is 0 Å². The van der Waals surface area contributed by atoms with Crippen molar-refractivity contribution in [3.8, 4) is 11.3 Å². The van der Waals surface area contributed by atoms with Crippen molar-refractivity contribution in [2.24, 2.45) is 0 Å². The number of amides is 1. The highest BCUT2D eigenvalue weighted by atomic mass is 32.2. The van der Waals surface area contributed by atoms with Crippen molar-refractivity contribution >= 4 is 38.0 Å². The summed E-state index contributed by atoms with van der Waals surface area (Å²) in [7, 11) is -3.43. The van der Waals surface area contributed by atoms with Gasteiger partial charge in [0.25, 0.3) is 0 Å². The quantitative estimate of drug-likeness (QED) is 0.518. The van der Waals surface area contributed by atoms with Gasteiger partial charge in [-0.3, -0.25) is 9.59 Å². The maximum atomic E-state index is 12.4. The Kier molecular flexibility index (Phi) is 6.79. The molecule has 6 nitrogen and oxygen atoms in total. The molecule has 0 unspecified atom stereocenters. The van der Waals surface area contributed by atoms with Gasteiger partial charge in [-0.15, -0.1) is 0 Å². The molecule has 3 aromatic rings. The number of aromatic nitrogens is 1. The van der Waals surface area contributed by atoms with E-state index in [4.69, 9.17) is 0 Å². The largest absolute Gasteiger partial charge is 0.302 e. The lowest BCUT2D eigenvalue weighted by molar-refractivity contribution is -0.116. The van der Waals surface area contributed by atoms with Gasteiger partial charge in [0, 0.05) is 18.9 Å². The maximum absolute atomic E-state index is 12.4. The van der Waals surface area contributed by atoms with Crippen molar-refractivity contribution in [3.63, 3.8) is 0 Å². The van der Waals surface area contributed by atoms with Crippen LogP contribution in [0, 0.1) is 6.92 Å². The lowest BCUT2D eigenvalue weighted by Crippen LogP contribution is -2.14. The molecule has 1 N–H and O–H groups in total. The van der Waals surface area contributed by atoms with Crippen LogP contribution in [0.1, 0.15) is 35.0 Å². The van der Waals surface area contributed by atoms with E-state index in [0.717, 1.165) is 22.5 Å². The molecule has 1 amide bonds. The molecular formula is C22H22N2O4S2. The minimum absolute atomic E-state index is 0.0424. The van der Waals surface area contributed by atoms with Crippen LogP contribution in [0.3, 0.4) is 0 Å². The van der Waals surface area contributed by atoms with Crippen LogP contribution in [0.4, 0.5) is 5.13 Å². The molecule has 0 radical (unpaired) electrons. The Morgan fingerprint density at radius 1 is 1.03 bits per heavy atom. The van der Waals surface area contributed by atoms with E-state index >= 15 is 0 Å². The number of hydrogen-bond donors (Lipinski definition) is 1. The van der Waals surface area contributed by atoms with Crippen molar-refractivity contribution in [1.82, 2.24) is 4.98 Å². The highest BCUT2D eigenvalue weighted by Crippen LogP contribution is 2.31. The van der Waals surface area contributed by atoms with Crippen LogP contribution in [0.2, 0.25) is 0 Å². The number of benzene rings is 2. The standard InChI is InChI=1S/C22H22N2O4S2/c1-15-10-12-18(13-11-15)30(27,28)14-6-9-19(26)23-22-24-20(21(29-22)16(2)25)17-7-4-3-5-8-17/h3-5,7-8,10-13H,6,9,14H2,1-2H3,(H,23,24,26). The number of Topliss-reactive ketones (excluding diaryl/α,β-unsaturated/α-hetero) is 1. The summed E-state index contributed by atoms with van der Waals surface area (Å²) in [4.78, 5) is 29.4. The number of rotatable bonds is 8. The summed E-state index contributed by atoms with van der Waals surface area (Å²) in [6.45, 7) is 3.35. The Balaban J connectivity index is 1.62. The van der Waals surface area contributed by atoms with Gasteiger partial charge in [0.1, 0.15) is 0 Å². The molecule has 0 aliphatic carbocycles. The molecule has 0 saturated carbocycles. The van der Waals surface area contributed by atoms with Crippen LogP contribution in [0.15, 0.2) is 59.5 Å². The van der Waals surface area contributed by atoms with Gasteiger partial charge in [0.05, 0.1) is 21.2 Å². The van der Waals surface area contributed by atoms with Gasteiger partial charge in [-0.05, 0) is 25.5 Å². The summed E-state index contributed by atoms with van der Waals surface area (Å²) in [5.74, 6) is -0.580. The molecule has 0 aliphatic heterocycles. The fraction of sp³-hybridized carbons (Fsp3) is 0.227. The van der Waals surface area contributed by atoms with E-state index in [1.165, 1.54) is 6.92 Å².